The summed E-state index contributed by atoms with van der Waals surface area (Å²) in [5, 5.41) is 9.17. The van der Waals surface area contributed by atoms with Crippen molar-refractivity contribution in [3.05, 3.63) is 29.8 Å². The van der Waals surface area contributed by atoms with Crippen LogP contribution < -0.4 is 4.72 Å². The lowest BCUT2D eigenvalue weighted by Gasteiger charge is -2.18. The van der Waals surface area contributed by atoms with E-state index in [1.54, 1.807) is 0 Å². The maximum atomic E-state index is 13.5. The number of nitrogens with one attached hydrogen (secondary N) is 1. The standard InChI is InChI=1S/C13H17F2NO3S/c14-11-5-2-6-12(15)13(11)20(18,19)16-7-9-3-1-4-10(9)8-17/h2,5-6,9-10,16-17H,1,3-4,7-8H2. The van der Waals surface area contributed by atoms with Crippen LogP contribution in [0, 0.1) is 23.5 Å². The van der Waals surface area contributed by atoms with E-state index in [1.165, 1.54) is 0 Å². The Hall–Kier alpha value is -1.05. The number of benzene rings is 1. The third-order valence-corrected chi connectivity index (χ3v) is 5.25. The average Bonchev–Trinajstić information content (AvgIpc) is 2.83. The van der Waals surface area contributed by atoms with Gasteiger partial charge in [-0.25, -0.2) is 21.9 Å². The highest BCUT2D eigenvalue weighted by atomic mass is 32.2. The van der Waals surface area contributed by atoms with Crippen molar-refractivity contribution in [3.8, 4) is 0 Å². The monoisotopic (exact) mass is 305 g/mol. The Balaban J connectivity index is 2.12. The molecule has 0 spiro atoms. The number of halogens is 2. The smallest absolute Gasteiger partial charge is 0.246 e. The molecule has 0 amide bonds. The van der Waals surface area contributed by atoms with E-state index in [4.69, 9.17) is 0 Å². The van der Waals surface area contributed by atoms with Gasteiger partial charge >= 0.3 is 0 Å². The Kier molecular flexibility index (Phi) is 4.72. The zero-order chi connectivity index (χ0) is 14.8. The summed E-state index contributed by atoms with van der Waals surface area (Å²) in [7, 11) is -4.22. The topological polar surface area (TPSA) is 66.4 Å². The van der Waals surface area contributed by atoms with Crippen LogP contribution in [0.5, 0.6) is 0 Å². The highest BCUT2D eigenvalue weighted by Gasteiger charge is 2.29. The number of hydrogen-bond donors (Lipinski definition) is 2. The van der Waals surface area contributed by atoms with E-state index in [0.717, 1.165) is 37.5 Å². The largest absolute Gasteiger partial charge is 0.396 e. The van der Waals surface area contributed by atoms with Gasteiger partial charge in [-0.05, 0) is 36.8 Å². The second kappa shape index (κ2) is 6.15. The highest BCUT2D eigenvalue weighted by molar-refractivity contribution is 7.89. The number of sulfonamides is 1. The van der Waals surface area contributed by atoms with Crippen molar-refractivity contribution >= 4 is 10.0 Å². The van der Waals surface area contributed by atoms with Crippen LogP contribution >= 0.6 is 0 Å². The van der Waals surface area contributed by atoms with Crippen LogP contribution in [0.3, 0.4) is 0 Å². The third-order valence-electron chi connectivity index (χ3n) is 3.77. The SMILES string of the molecule is O=S(=O)(NCC1CCCC1CO)c1c(F)cccc1F. The first-order chi connectivity index (χ1) is 9.45. The first-order valence-electron chi connectivity index (χ1n) is 6.50. The van der Waals surface area contributed by atoms with Crippen molar-refractivity contribution in [1.29, 1.82) is 0 Å². The fraction of sp³-hybridized carbons (Fsp3) is 0.538. The first kappa shape index (κ1) is 15.3. The average molecular weight is 305 g/mol. The van der Waals surface area contributed by atoms with Crippen LogP contribution in [0.1, 0.15) is 19.3 Å². The fourth-order valence-electron chi connectivity index (χ4n) is 2.65. The second-order valence-corrected chi connectivity index (χ2v) is 6.74. The number of aliphatic hydroxyl groups excluding tert-OH is 1. The van der Waals surface area contributed by atoms with Gasteiger partial charge in [0.25, 0.3) is 0 Å². The number of rotatable bonds is 5. The summed E-state index contributed by atoms with van der Waals surface area (Å²) in [6.45, 7) is 0.0851. The maximum Gasteiger partial charge on any atom is 0.246 e. The minimum atomic E-state index is -4.22. The van der Waals surface area contributed by atoms with Crippen molar-refractivity contribution in [1.82, 2.24) is 4.72 Å². The zero-order valence-corrected chi connectivity index (χ0v) is 11.7. The van der Waals surface area contributed by atoms with Gasteiger partial charge in [-0.15, -0.1) is 0 Å². The summed E-state index contributed by atoms with van der Waals surface area (Å²) in [6, 6.07) is 2.93. The summed E-state index contributed by atoms with van der Waals surface area (Å²) in [6.07, 6.45) is 2.57. The van der Waals surface area contributed by atoms with E-state index in [-0.39, 0.29) is 25.0 Å². The lowest BCUT2D eigenvalue weighted by molar-refractivity contribution is 0.195. The Morgan fingerprint density at radius 3 is 2.40 bits per heavy atom. The quantitative estimate of drug-likeness (QED) is 0.869. The van der Waals surface area contributed by atoms with Crippen LogP contribution in [0.2, 0.25) is 0 Å². The summed E-state index contributed by atoms with van der Waals surface area (Å²) in [4.78, 5) is -0.946. The molecule has 112 valence electrons. The molecule has 0 aliphatic heterocycles. The normalized spacial score (nSPS) is 23.1. The molecular weight excluding hydrogens is 288 g/mol. The van der Waals surface area contributed by atoms with E-state index in [0.29, 0.717) is 0 Å². The second-order valence-electron chi connectivity index (χ2n) is 5.04. The van der Waals surface area contributed by atoms with Gasteiger partial charge < -0.3 is 5.11 Å². The minimum absolute atomic E-state index is 0.000450. The van der Waals surface area contributed by atoms with Crippen molar-refractivity contribution in [2.24, 2.45) is 11.8 Å². The molecule has 2 atom stereocenters. The van der Waals surface area contributed by atoms with Gasteiger partial charge in [-0.1, -0.05) is 12.5 Å². The number of aliphatic hydroxyl groups is 1. The van der Waals surface area contributed by atoms with Crippen molar-refractivity contribution < 1.29 is 22.3 Å². The molecule has 1 aliphatic rings. The van der Waals surface area contributed by atoms with Gasteiger partial charge in [-0.3, -0.25) is 0 Å². The van der Waals surface area contributed by atoms with E-state index >= 15 is 0 Å². The lowest BCUT2D eigenvalue weighted by atomic mass is 9.97. The summed E-state index contributed by atoms with van der Waals surface area (Å²) in [5.41, 5.74) is 0. The Labute approximate surface area is 116 Å². The van der Waals surface area contributed by atoms with Crippen LogP contribution in [-0.2, 0) is 10.0 Å². The summed E-state index contributed by atoms with van der Waals surface area (Å²) in [5.74, 6) is -2.17. The van der Waals surface area contributed by atoms with Gasteiger partial charge in [0.05, 0.1) is 0 Å². The van der Waals surface area contributed by atoms with E-state index in [9.17, 15) is 22.3 Å². The van der Waals surface area contributed by atoms with Crippen LogP contribution in [0.15, 0.2) is 23.1 Å². The molecule has 1 fully saturated rings. The van der Waals surface area contributed by atoms with Crippen LogP contribution in [-0.4, -0.2) is 26.7 Å². The van der Waals surface area contributed by atoms with Gasteiger partial charge in [0.2, 0.25) is 10.0 Å². The molecular formula is C13H17F2NO3S. The molecule has 2 rings (SSSR count). The molecule has 7 heteroatoms. The Bertz CT molecular complexity index is 557. The highest BCUT2D eigenvalue weighted by Crippen LogP contribution is 2.31. The molecule has 0 radical (unpaired) electrons. The van der Waals surface area contributed by atoms with Crippen molar-refractivity contribution in [3.63, 3.8) is 0 Å². The molecule has 0 bridgehead atoms. The van der Waals surface area contributed by atoms with Gasteiger partial charge in [0, 0.05) is 13.2 Å². The molecule has 4 nitrogen and oxygen atoms in total. The summed E-state index contributed by atoms with van der Waals surface area (Å²) >= 11 is 0. The predicted molar refractivity (Wildman–Crippen MR) is 69.5 cm³/mol. The molecule has 1 saturated carbocycles. The molecule has 20 heavy (non-hydrogen) atoms. The van der Waals surface area contributed by atoms with E-state index in [2.05, 4.69) is 4.72 Å². The Morgan fingerprint density at radius 1 is 1.20 bits per heavy atom. The molecule has 1 aromatic carbocycles. The van der Waals surface area contributed by atoms with Gasteiger partial charge in [-0.2, -0.15) is 0 Å². The molecule has 0 saturated heterocycles. The van der Waals surface area contributed by atoms with Crippen LogP contribution in [0.4, 0.5) is 8.78 Å². The fourth-order valence-corrected chi connectivity index (χ4v) is 3.88. The van der Waals surface area contributed by atoms with Crippen molar-refractivity contribution in [2.45, 2.75) is 24.2 Å². The van der Waals surface area contributed by atoms with Crippen molar-refractivity contribution in [2.75, 3.05) is 13.2 Å². The predicted octanol–water partition coefficient (Wildman–Crippen LogP) is 1.65. The molecule has 2 unspecified atom stereocenters. The molecule has 1 aromatic rings. The third kappa shape index (κ3) is 3.16. The zero-order valence-electron chi connectivity index (χ0n) is 10.9. The minimum Gasteiger partial charge on any atom is -0.396 e. The lowest BCUT2D eigenvalue weighted by Crippen LogP contribution is -2.32. The maximum absolute atomic E-state index is 13.5. The molecule has 0 aromatic heterocycles. The summed E-state index contributed by atoms with van der Waals surface area (Å²) < 4.78 is 53.2. The molecule has 2 N–H and O–H groups in total. The first-order valence-corrected chi connectivity index (χ1v) is 7.98. The number of hydrogen-bond acceptors (Lipinski definition) is 3. The van der Waals surface area contributed by atoms with Gasteiger partial charge in [0.15, 0.2) is 4.90 Å². The Morgan fingerprint density at radius 2 is 1.80 bits per heavy atom. The van der Waals surface area contributed by atoms with E-state index < -0.39 is 26.6 Å². The van der Waals surface area contributed by atoms with Crippen LogP contribution in [0.25, 0.3) is 0 Å². The van der Waals surface area contributed by atoms with E-state index in [1.807, 2.05) is 0 Å². The molecule has 1 aliphatic carbocycles. The van der Waals surface area contributed by atoms with Gasteiger partial charge in [0.1, 0.15) is 11.6 Å². The molecule has 0 heterocycles.